The fourth-order valence-corrected chi connectivity index (χ4v) is 3.49. The third-order valence-electron chi connectivity index (χ3n) is 5.40. The van der Waals surface area contributed by atoms with Crippen molar-refractivity contribution in [2.45, 2.75) is 37.1 Å². The smallest absolute Gasteiger partial charge is 0.328 e. The normalized spacial score (nSPS) is 16.1. The van der Waals surface area contributed by atoms with E-state index < -0.39 is 24.0 Å². The highest BCUT2D eigenvalue weighted by atomic mass is 16.5. The van der Waals surface area contributed by atoms with Gasteiger partial charge in [-0.3, -0.25) is 4.79 Å². The molecular weight excluding hydrogens is 392 g/mol. The van der Waals surface area contributed by atoms with Crippen molar-refractivity contribution < 1.29 is 33.3 Å². The number of hydrogen-bond donors (Lipinski definition) is 2. The number of carbonyl (C=O) groups excluding carboxylic acids is 3. The van der Waals surface area contributed by atoms with Crippen LogP contribution in [0.25, 0.3) is 0 Å². The first-order valence-electron chi connectivity index (χ1n) is 9.85. The number of esters is 2. The Bertz CT molecular complexity index is 715. The molecule has 0 spiro atoms. The number of amides is 2. The molecule has 1 atom stereocenters. The van der Waals surface area contributed by atoms with Crippen LogP contribution < -0.4 is 15.4 Å². The van der Waals surface area contributed by atoms with Gasteiger partial charge in [-0.2, -0.15) is 0 Å². The number of urea groups is 1. The van der Waals surface area contributed by atoms with Gasteiger partial charge in [-0.05, 0) is 37.0 Å². The SMILES string of the molecule is COC(=O)CCC(NC(=O)NCC1(c2ccc(OC)cc2)CCOCC1)C(=O)OC. The molecule has 1 heterocycles. The second-order valence-electron chi connectivity index (χ2n) is 7.14. The van der Waals surface area contributed by atoms with Gasteiger partial charge in [0.05, 0.1) is 21.3 Å². The van der Waals surface area contributed by atoms with Crippen LogP contribution >= 0.6 is 0 Å². The van der Waals surface area contributed by atoms with Crippen LogP contribution in [0.15, 0.2) is 24.3 Å². The van der Waals surface area contributed by atoms with E-state index in [0.717, 1.165) is 24.2 Å². The number of methoxy groups -OCH3 is 3. The van der Waals surface area contributed by atoms with Crippen molar-refractivity contribution in [3.63, 3.8) is 0 Å². The monoisotopic (exact) mass is 422 g/mol. The van der Waals surface area contributed by atoms with Gasteiger partial charge >= 0.3 is 18.0 Å². The number of benzene rings is 1. The Hall–Kier alpha value is -2.81. The summed E-state index contributed by atoms with van der Waals surface area (Å²) in [6.07, 6.45) is 1.58. The lowest BCUT2D eigenvalue weighted by Gasteiger charge is -2.38. The third-order valence-corrected chi connectivity index (χ3v) is 5.40. The standard InChI is InChI=1S/C21H30N2O7/c1-27-16-6-4-15(5-7-16)21(10-12-30-13-11-21)14-22-20(26)23-17(19(25)29-3)8-9-18(24)28-2/h4-7,17H,8-14H2,1-3H3,(H2,22,23,26). The lowest BCUT2D eigenvalue weighted by molar-refractivity contribution is -0.144. The number of ether oxygens (including phenoxy) is 4. The highest BCUT2D eigenvalue weighted by molar-refractivity contribution is 5.84. The molecule has 166 valence electrons. The summed E-state index contributed by atoms with van der Waals surface area (Å²) < 4.78 is 20.1. The molecule has 30 heavy (non-hydrogen) atoms. The summed E-state index contributed by atoms with van der Waals surface area (Å²) >= 11 is 0. The fraction of sp³-hybridized carbons (Fsp3) is 0.571. The van der Waals surface area contributed by atoms with Gasteiger partial charge < -0.3 is 29.6 Å². The number of hydrogen-bond acceptors (Lipinski definition) is 7. The predicted molar refractivity (Wildman–Crippen MR) is 108 cm³/mol. The Kier molecular flexibility index (Phi) is 8.91. The first-order valence-corrected chi connectivity index (χ1v) is 9.85. The molecule has 2 N–H and O–H groups in total. The second-order valence-corrected chi connectivity index (χ2v) is 7.14. The molecule has 1 saturated heterocycles. The summed E-state index contributed by atoms with van der Waals surface area (Å²) in [5, 5.41) is 5.46. The minimum Gasteiger partial charge on any atom is -0.497 e. The quantitative estimate of drug-likeness (QED) is 0.581. The van der Waals surface area contributed by atoms with E-state index in [1.165, 1.54) is 14.2 Å². The summed E-state index contributed by atoms with van der Waals surface area (Å²) in [7, 11) is 4.11. The van der Waals surface area contributed by atoms with Crippen LogP contribution in [0.4, 0.5) is 4.79 Å². The van der Waals surface area contributed by atoms with Gasteiger partial charge in [-0.15, -0.1) is 0 Å². The molecule has 1 aliphatic heterocycles. The molecule has 0 bridgehead atoms. The first-order chi connectivity index (χ1) is 14.4. The van der Waals surface area contributed by atoms with Crippen molar-refractivity contribution in [1.29, 1.82) is 0 Å². The van der Waals surface area contributed by atoms with Crippen molar-refractivity contribution in [3.05, 3.63) is 29.8 Å². The minimum absolute atomic E-state index is 0.0102. The number of nitrogens with one attached hydrogen (secondary N) is 2. The summed E-state index contributed by atoms with van der Waals surface area (Å²) in [5.74, 6) is -0.324. The van der Waals surface area contributed by atoms with Crippen molar-refractivity contribution in [3.8, 4) is 5.75 Å². The van der Waals surface area contributed by atoms with Crippen LogP contribution in [0, 0.1) is 0 Å². The van der Waals surface area contributed by atoms with Gasteiger partial charge in [-0.1, -0.05) is 12.1 Å². The van der Waals surface area contributed by atoms with Gasteiger partial charge in [0, 0.05) is 31.6 Å². The van der Waals surface area contributed by atoms with E-state index in [-0.39, 0.29) is 18.3 Å². The Morgan fingerprint density at radius 1 is 1.07 bits per heavy atom. The highest BCUT2D eigenvalue weighted by Crippen LogP contribution is 2.35. The van der Waals surface area contributed by atoms with Crippen molar-refractivity contribution >= 4 is 18.0 Å². The van der Waals surface area contributed by atoms with E-state index in [1.807, 2.05) is 24.3 Å². The Morgan fingerprint density at radius 3 is 2.30 bits per heavy atom. The molecule has 0 saturated carbocycles. The molecule has 9 nitrogen and oxygen atoms in total. The zero-order valence-corrected chi connectivity index (χ0v) is 17.7. The lowest BCUT2D eigenvalue weighted by Crippen LogP contribution is -2.51. The van der Waals surface area contributed by atoms with Gasteiger partial charge in [0.1, 0.15) is 11.8 Å². The van der Waals surface area contributed by atoms with Gasteiger partial charge in [0.2, 0.25) is 0 Å². The molecule has 0 aliphatic carbocycles. The molecule has 1 aliphatic rings. The molecule has 1 aromatic carbocycles. The zero-order chi connectivity index (χ0) is 22.0. The minimum atomic E-state index is -0.944. The van der Waals surface area contributed by atoms with Gasteiger partial charge in [0.25, 0.3) is 0 Å². The second kappa shape index (κ2) is 11.4. The molecular formula is C21H30N2O7. The Morgan fingerprint density at radius 2 is 1.73 bits per heavy atom. The average Bonchev–Trinajstić information content (AvgIpc) is 2.80. The number of rotatable bonds is 9. The van der Waals surface area contributed by atoms with Crippen molar-refractivity contribution in [2.24, 2.45) is 0 Å². The molecule has 2 amide bonds. The molecule has 1 unspecified atom stereocenters. The van der Waals surface area contributed by atoms with Crippen LogP contribution in [0.5, 0.6) is 5.75 Å². The molecule has 1 fully saturated rings. The summed E-state index contributed by atoms with van der Waals surface area (Å²) in [4.78, 5) is 35.8. The highest BCUT2D eigenvalue weighted by Gasteiger charge is 2.35. The van der Waals surface area contributed by atoms with Crippen molar-refractivity contribution in [1.82, 2.24) is 10.6 Å². The maximum Gasteiger partial charge on any atom is 0.328 e. The largest absolute Gasteiger partial charge is 0.497 e. The summed E-state index contributed by atoms with van der Waals surface area (Å²) in [5.41, 5.74) is 0.802. The van der Waals surface area contributed by atoms with E-state index in [9.17, 15) is 14.4 Å². The van der Waals surface area contributed by atoms with Crippen LogP contribution in [0.3, 0.4) is 0 Å². The molecule has 0 radical (unpaired) electrons. The number of carbonyl (C=O) groups is 3. The molecule has 2 rings (SSSR count). The van der Waals surface area contributed by atoms with Gasteiger partial charge in [-0.25, -0.2) is 9.59 Å². The third kappa shape index (κ3) is 6.35. The van der Waals surface area contributed by atoms with Crippen LogP contribution in [-0.4, -0.2) is 65.1 Å². The van der Waals surface area contributed by atoms with Crippen LogP contribution in [0.2, 0.25) is 0 Å². The Labute approximate surface area is 176 Å². The lowest BCUT2D eigenvalue weighted by atomic mass is 9.74. The van der Waals surface area contributed by atoms with Crippen LogP contribution in [0.1, 0.15) is 31.2 Å². The van der Waals surface area contributed by atoms with E-state index >= 15 is 0 Å². The Balaban J connectivity index is 2.03. The van der Waals surface area contributed by atoms with E-state index in [2.05, 4.69) is 15.4 Å². The van der Waals surface area contributed by atoms with E-state index in [4.69, 9.17) is 14.2 Å². The topological polar surface area (TPSA) is 112 Å². The predicted octanol–water partition coefficient (Wildman–Crippen LogP) is 1.54. The fourth-order valence-electron chi connectivity index (χ4n) is 3.49. The summed E-state index contributed by atoms with van der Waals surface area (Å²) in [6.45, 7) is 1.57. The first kappa shape index (κ1) is 23.5. The molecule has 1 aromatic rings. The van der Waals surface area contributed by atoms with Crippen molar-refractivity contribution in [2.75, 3.05) is 41.1 Å². The van der Waals surface area contributed by atoms with Gasteiger partial charge in [0.15, 0.2) is 0 Å². The maximum atomic E-state index is 12.5. The zero-order valence-electron chi connectivity index (χ0n) is 17.7. The maximum absolute atomic E-state index is 12.5. The van der Waals surface area contributed by atoms with Crippen LogP contribution in [-0.2, 0) is 29.2 Å². The molecule has 9 heteroatoms. The van der Waals surface area contributed by atoms with E-state index in [1.54, 1.807) is 7.11 Å². The average molecular weight is 422 g/mol. The summed E-state index contributed by atoms with van der Waals surface area (Å²) in [6, 6.07) is 6.34. The van der Waals surface area contributed by atoms with E-state index in [0.29, 0.717) is 19.8 Å². The molecule has 0 aromatic heterocycles.